The van der Waals surface area contributed by atoms with Gasteiger partial charge in [0.25, 0.3) is 0 Å². The zero-order valence-electron chi connectivity index (χ0n) is 9.95. The molecule has 1 atom stereocenters. The van der Waals surface area contributed by atoms with Crippen LogP contribution in [0.5, 0.6) is 0 Å². The molecule has 1 aliphatic rings. The molecule has 0 aliphatic carbocycles. The van der Waals surface area contributed by atoms with Gasteiger partial charge in [-0.2, -0.15) is 0 Å². The van der Waals surface area contributed by atoms with Gasteiger partial charge in [0.15, 0.2) is 0 Å². The summed E-state index contributed by atoms with van der Waals surface area (Å²) in [6.07, 6.45) is 2.36. The Hall–Kier alpha value is -0.610. The molecule has 1 saturated heterocycles. The molecule has 0 aromatic rings. The van der Waals surface area contributed by atoms with E-state index in [1.165, 1.54) is 0 Å². The molecule has 15 heavy (non-hydrogen) atoms. The molecule has 0 radical (unpaired) electrons. The number of carbonyl (C=O) groups is 1. The van der Waals surface area contributed by atoms with E-state index >= 15 is 0 Å². The lowest BCUT2D eigenvalue weighted by Gasteiger charge is -2.31. The average molecular weight is 214 g/mol. The van der Waals surface area contributed by atoms with Crippen molar-refractivity contribution >= 4 is 5.91 Å². The summed E-state index contributed by atoms with van der Waals surface area (Å²) < 4.78 is 5.30. The molecule has 4 nitrogen and oxygen atoms in total. The average Bonchev–Trinajstić information content (AvgIpc) is 2.26. The lowest BCUT2D eigenvalue weighted by Crippen LogP contribution is -2.47. The van der Waals surface area contributed by atoms with Gasteiger partial charge in [0, 0.05) is 19.6 Å². The standard InChI is InChI=1S/C11H22N2O2/c1-9(2)15-8-11(14)13(3)10-5-4-6-12-7-10/h9-10,12H,4-8H2,1-3H3. The maximum Gasteiger partial charge on any atom is 0.248 e. The Morgan fingerprint density at radius 1 is 1.60 bits per heavy atom. The summed E-state index contributed by atoms with van der Waals surface area (Å²) in [5, 5.41) is 3.30. The van der Waals surface area contributed by atoms with E-state index in [2.05, 4.69) is 5.32 Å². The summed E-state index contributed by atoms with van der Waals surface area (Å²) in [7, 11) is 1.86. The van der Waals surface area contributed by atoms with Crippen LogP contribution in [0.4, 0.5) is 0 Å². The minimum atomic E-state index is 0.0809. The Kier molecular flexibility index (Phi) is 5.05. The van der Waals surface area contributed by atoms with Crippen molar-refractivity contribution in [1.29, 1.82) is 0 Å². The molecule has 1 aliphatic heterocycles. The second-order valence-electron chi connectivity index (χ2n) is 4.36. The largest absolute Gasteiger partial charge is 0.369 e. The number of piperidine rings is 1. The van der Waals surface area contributed by atoms with Gasteiger partial charge in [-0.1, -0.05) is 0 Å². The third-order valence-electron chi connectivity index (χ3n) is 2.75. The van der Waals surface area contributed by atoms with Crippen molar-refractivity contribution in [2.45, 2.75) is 38.8 Å². The molecular weight excluding hydrogens is 192 g/mol. The predicted octanol–water partition coefficient (Wildman–Crippen LogP) is 0.622. The molecule has 0 spiro atoms. The van der Waals surface area contributed by atoms with Gasteiger partial charge in [-0.3, -0.25) is 4.79 Å². The summed E-state index contributed by atoms with van der Waals surface area (Å²) in [5.74, 6) is 0.0809. The summed E-state index contributed by atoms with van der Waals surface area (Å²) >= 11 is 0. The zero-order valence-corrected chi connectivity index (χ0v) is 9.95. The van der Waals surface area contributed by atoms with Crippen molar-refractivity contribution in [3.63, 3.8) is 0 Å². The van der Waals surface area contributed by atoms with Gasteiger partial charge in [0.05, 0.1) is 6.10 Å². The SMILES string of the molecule is CC(C)OCC(=O)N(C)C1CCCNC1. The smallest absolute Gasteiger partial charge is 0.248 e. The second-order valence-corrected chi connectivity index (χ2v) is 4.36. The highest BCUT2D eigenvalue weighted by molar-refractivity contribution is 5.77. The van der Waals surface area contributed by atoms with Gasteiger partial charge in [0.2, 0.25) is 5.91 Å². The lowest BCUT2D eigenvalue weighted by molar-refractivity contribution is -0.138. The van der Waals surface area contributed by atoms with Crippen molar-refractivity contribution in [1.82, 2.24) is 10.2 Å². The number of carbonyl (C=O) groups excluding carboxylic acids is 1. The van der Waals surface area contributed by atoms with Crippen LogP contribution in [-0.2, 0) is 9.53 Å². The van der Waals surface area contributed by atoms with Gasteiger partial charge in [-0.25, -0.2) is 0 Å². The minimum Gasteiger partial charge on any atom is -0.369 e. The fourth-order valence-corrected chi connectivity index (χ4v) is 1.71. The van der Waals surface area contributed by atoms with Gasteiger partial charge < -0.3 is 15.0 Å². The number of ether oxygens (including phenoxy) is 1. The first-order chi connectivity index (χ1) is 7.11. The number of hydrogen-bond donors (Lipinski definition) is 1. The van der Waals surface area contributed by atoms with Gasteiger partial charge >= 0.3 is 0 Å². The van der Waals surface area contributed by atoms with Crippen molar-refractivity contribution < 1.29 is 9.53 Å². The van der Waals surface area contributed by atoms with Crippen LogP contribution in [0.1, 0.15) is 26.7 Å². The zero-order chi connectivity index (χ0) is 11.3. The Bertz CT molecular complexity index is 201. The molecule has 4 heteroatoms. The van der Waals surface area contributed by atoms with Gasteiger partial charge in [-0.05, 0) is 33.2 Å². The van der Waals surface area contributed by atoms with Gasteiger partial charge in [-0.15, -0.1) is 0 Å². The number of hydrogen-bond acceptors (Lipinski definition) is 3. The molecule has 1 heterocycles. The quantitative estimate of drug-likeness (QED) is 0.746. The normalized spacial score (nSPS) is 21.7. The number of likely N-dealkylation sites (N-methyl/N-ethyl adjacent to an activating group) is 1. The second kappa shape index (κ2) is 6.08. The van der Waals surface area contributed by atoms with E-state index in [4.69, 9.17) is 4.74 Å². The molecule has 1 amide bonds. The van der Waals surface area contributed by atoms with E-state index in [0.717, 1.165) is 25.9 Å². The summed E-state index contributed by atoms with van der Waals surface area (Å²) in [5.41, 5.74) is 0. The van der Waals surface area contributed by atoms with Gasteiger partial charge in [0.1, 0.15) is 6.61 Å². The van der Waals surface area contributed by atoms with Crippen LogP contribution in [0.15, 0.2) is 0 Å². The van der Waals surface area contributed by atoms with E-state index in [0.29, 0.717) is 6.04 Å². The molecule has 0 saturated carbocycles. The van der Waals surface area contributed by atoms with Crippen LogP contribution in [0, 0.1) is 0 Å². The fourth-order valence-electron chi connectivity index (χ4n) is 1.71. The molecule has 0 bridgehead atoms. The molecule has 1 rings (SSSR count). The summed E-state index contributed by atoms with van der Waals surface area (Å²) in [4.78, 5) is 13.5. The van der Waals surface area contributed by atoms with E-state index in [-0.39, 0.29) is 18.6 Å². The monoisotopic (exact) mass is 214 g/mol. The first kappa shape index (κ1) is 12.5. The van der Waals surface area contributed by atoms with Crippen LogP contribution in [0.2, 0.25) is 0 Å². The topological polar surface area (TPSA) is 41.6 Å². The Morgan fingerprint density at radius 3 is 2.87 bits per heavy atom. The Labute approximate surface area is 92.0 Å². The molecule has 1 N–H and O–H groups in total. The number of amides is 1. The molecule has 0 aromatic heterocycles. The molecular formula is C11H22N2O2. The van der Waals surface area contributed by atoms with E-state index in [9.17, 15) is 4.79 Å². The molecule has 1 fully saturated rings. The Morgan fingerprint density at radius 2 is 2.33 bits per heavy atom. The first-order valence-corrected chi connectivity index (χ1v) is 5.69. The number of nitrogens with one attached hydrogen (secondary N) is 1. The minimum absolute atomic E-state index is 0.0809. The van der Waals surface area contributed by atoms with Crippen molar-refractivity contribution in [2.24, 2.45) is 0 Å². The Balaban J connectivity index is 2.30. The summed E-state index contributed by atoms with van der Waals surface area (Å²) in [6.45, 7) is 6.06. The number of nitrogens with zero attached hydrogens (tertiary/aromatic N) is 1. The third kappa shape index (κ3) is 4.18. The summed E-state index contributed by atoms with van der Waals surface area (Å²) in [6, 6.07) is 0.335. The highest BCUT2D eigenvalue weighted by Gasteiger charge is 2.21. The maximum absolute atomic E-state index is 11.7. The fraction of sp³-hybridized carbons (Fsp3) is 0.909. The van der Waals surface area contributed by atoms with E-state index < -0.39 is 0 Å². The molecule has 1 unspecified atom stereocenters. The maximum atomic E-state index is 11.7. The highest BCUT2D eigenvalue weighted by atomic mass is 16.5. The van der Waals surface area contributed by atoms with Crippen LogP contribution in [-0.4, -0.2) is 49.7 Å². The molecule has 88 valence electrons. The highest BCUT2D eigenvalue weighted by Crippen LogP contribution is 2.08. The van der Waals surface area contributed by atoms with Crippen LogP contribution in [0.25, 0.3) is 0 Å². The van der Waals surface area contributed by atoms with Crippen molar-refractivity contribution in [3.05, 3.63) is 0 Å². The first-order valence-electron chi connectivity index (χ1n) is 5.69. The molecule has 0 aromatic carbocycles. The van der Waals surface area contributed by atoms with Crippen LogP contribution in [0.3, 0.4) is 0 Å². The third-order valence-corrected chi connectivity index (χ3v) is 2.75. The van der Waals surface area contributed by atoms with E-state index in [1.807, 2.05) is 25.8 Å². The number of rotatable bonds is 4. The van der Waals surface area contributed by atoms with Crippen LogP contribution >= 0.6 is 0 Å². The van der Waals surface area contributed by atoms with Crippen molar-refractivity contribution in [3.8, 4) is 0 Å². The van der Waals surface area contributed by atoms with E-state index in [1.54, 1.807) is 0 Å². The van der Waals surface area contributed by atoms with Crippen molar-refractivity contribution in [2.75, 3.05) is 26.7 Å². The predicted molar refractivity (Wildman–Crippen MR) is 59.7 cm³/mol. The lowest BCUT2D eigenvalue weighted by atomic mass is 10.1. The van der Waals surface area contributed by atoms with Crippen LogP contribution < -0.4 is 5.32 Å².